The number of alkyl carbamates (subject to hydrolysis) is 1. The van der Waals surface area contributed by atoms with E-state index < -0.39 is 6.09 Å². The molecule has 7 nitrogen and oxygen atoms in total. The molecule has 8 heteroatoms. The molecule has 1 aromatic heterocycles. The van der Waals surface area contributed by atoms with Gasteiger partial charge in [-0.3, -0.25) is 4.79 Å². The van der Waals surface area contributed by atoms with Gasteiger partial charge in [0.05, 0.1) is 25.0 Å². The summed E-state index contributed by atoms with van der Waals surface area (Å²) in [5.74, 6) is 0.985. The average Bonchev–Trinajstić information content (AvgIpc) is 3.23. The molecule has 1 aliphatic carbocycles. The van der Waals surface area contributed by atoms with Gasteiger partial charge in [-0.15, -0.1) is 0 Å². The van der Waals surface area contributed by atoms with Crippen LogP contribution in [0.3, 0.4) is 0 Å². The highest BCUT2D eigenvalue weighted by Gasteiger charge is 2.54. The van der Waals surface area contributed by atoms with E-state index in [1.54, 1.807) is 0 Å². The number of nitrogens with zero attached hydrogens (tertiary/aromatic N) is 2. The number of nitrogens with one attached hydrogen (secondary N) is 2. The number of aromatic amines is 1. The maximum atomic E-state index is 13.3. The predicted octanol–water partition coefficient (Wildman–Crippen LogP) is 5.43. The molecule has 2 aliphatic rings. The molecule has 0 bridgehead atoms. The second-order valence-electron chi connectivity index (χ2n) is 9.81. The highest BCUT2D eigenvalue weighted by molar-refractivity contribution is 9.10. The van der Waals surface area contributed by atoms with Gasteiger partial charge in [0, 0.05) is 29.5 Å². The number of methoxy groups -OCH3 is 1. The Hall–Kier alpha value is -2.87. The van der Waals surface area contributed by atoms with Gasteiger partial charge in [-0.1, -0.05) is 41.1 Å². The van der Waals surface area contributed by atoms with Gasteiger partial charge in [-0.2, -0.15) is 0 Å². The Morgan fingerprint density at radius 1 is 1.26 bits per heavy atom. The van der Waals surface area contributed by atoms with Crippen LogP contribution in [-0.2, 0) is 9.53 Å². The molecule has 2 fully saturated rings. The zero-order valence-electron chi connectivity index (χ0n) is 19.4. The standard InChI is InChI=1S/C26H29BrN4O3/c1-16(13-29-25(33)34-2)9-23(32)31-15-26(7-8-26)12-22(31)24-28-14-21(30-24)19-4-3-18-11-20(27)6-5-17(18)10-19/h3-6,10-11,14,16,22H,7-9,12-13,15H2,1-2H3,(H,28,30)(H,29,33). The summed E-state index contributed by atoms with van der Waals surface area (Å²) in [6.45, 7) is 3.16. The van der Waals surface area contributed by atoms with Gasteiger partial charge < -0.3 is 19.9 Å². The van der Waals surface area contributed by atoms with E-state index in [2.05, 4.69) is 61.3 Å². The SMILES string of the molecule is COC(=O)NCC(C)CC(=O)N1CC2(CC2)CC1c1ncc(-c2ccc3cc(Br)ccc3c2)[nH]1. The Kier molecular flexibility index (Phi) is 6.10. The maximum Gasteiger partial charge on any atom is 0.406 e. The highest BCUT2D eigenvalue weighted by Crippen LogP contribution is 2.58. The van der Waals surface area contributed by atoms with Crippen LogP contribution in [0.5, 0.6) is 0 Å². The maximum absolute atomic E-state index is 13.3. The first kappa shape index (κ1) is 22.9. The van der Waals surface area contributed by atoms with Crippen molar-refractivity contribution in [3.63, 3.8) is 0 Å². The minimum absolute atomic E-state index is 0.0211. The summed E-state index contributed by atoms with van der Waals surface area (Å²) in [7, 11) is 1.34. The fourth-order valence-electron chi connectivity index (χ4n) is 4.96. The molecule has 178 valence electrons. The topological polar surface area (TPSA) is 87.3 Å². The first-order valence-corrected chi connectivity index (χ1v) is 12.5. The summed E-state index contributed by atoms with van der Waals surface area (Å²) in [5.41, 5.74) is 2.28. The number of amides is 2. The summed E-state index contributed by atoms with van der Waals surface area (Å²) in [5, 5.41) is 5.03. The van der Waals surface area contributed by atoms with Crippen LogP contribution >= 0.6 is 15.9 Å². The first-order chi connectivity index (χ1) is 16.4. The Bertz CT molecular complexity index is 1240. The average molecular weight is 525 g/mol. The van der Waals surface area contributed by atoms with Crippen LogP contribution in [-0.4, -0.2) is 47.1 Å². The number of rotatable bonds is 6. The Morgan fingerprint density at radius 3 is 2.79 bits per heavy atom. The molecule has 1 aliphatic heterocycles. The second kappa shape index (κ2) is 9.06. The number of hydrogen-bond acceptors (Lipinski definition) is 4. The number of halogens is 1. The smallest absolute Gasteiger partial charge is 0.406 e. The van der Waals surface area contributed by atoms with E-state index in [4.69, 9.17) is 4.98 Å². The molecular formula is C26H29BrN4O3. The minimum Gasteiger partial charge on any atom is -0.453 e. The Balaban J connectivity index is 1.33. The number of H-pyrrole nitrogens is 1. The lowest BCUT2D eigenvalue weighted by atomic mass is 10.0. The predicted molar refractivity (Wildman–Crippen MR) is 134 cm³/mol. The number of ether oxygens (including phenoxy) is 1. The quantitative estimate of drug-likeness (QED) is 0.450. The molecule has 2 N–H and O–H groups in total. The third kappa shape index (κ3) is 4.69. The number of imidazole rings is 1. The molecule has 1 spiro atoms. The number of aromatic nitrogens is 2. The van der Waals surface area contributed by atoms with E-state index in [0.29, 0.717) is 13.0 Å². The van der Waals surface area contributed by atoms with Crippen LogP contribution in [0.1, 0.15) is 44.5 Å². The monoisotopic (exact) mass is 524 g/mol. The summed E-state index contributed by atoms with van der Waals surface area (Å²) in [4.78, 5) is 34.8. The van der Waals surface area contributed by atoms with Crippen molar-refractivity contribution in [2.24, 2.45) is 11.3 Å². The number of hydrogen-bond donors (Lipinski definition) is 2. The van der Waals surface area contributed by atoms with E-state index in [9.17, 15) is 9.59 Å². The number of carbonyl (C=O) groups is 2. The third-order valence-electron chi connectivity index (χ3n) is 7.11. The zero-order chi connectivity index (χ0) is 23.9. The summed E-state index contributed by atoms with van der Waals surface area (Å²) >= 11 is 3.53. The van der Waals surface area contributed by atoms with Gasteiger partial charge in [0.25, 0.3) is 0 Å². The molecule has 2 heterocycles. The number of benzene rings is 2. The van der Waals surface area contributed by atoms with E-state index >= 15 is 0 Å². The third-order valence-corrected chi connectivity index (χ3v) is 7.61. The molecule has 1 saturated heterocycles. The number of carbonyl (C=O) groups excluding carboxylic acids is 2. The largest absolute Gasteiger partial charge is 0.453 e. The lowest BCUT2D eigenvalue weighted by molar-refractivity contribution is -0.133. The van der Waals surface area contributed by atoms with Crippen LogP contribution in [0.4, 0.5) is 4.79 Å². The van der Waals surface area contributed by atoms with Crippen molar-refractivity contribution in [3.05, 3.63) is 52.9 Å². The molecule has 1 saturated carbocycles. The van der Waals surface area contributed by atoms with E-state index in [1.165, 1.54) is 30.7 Å². The van der Waals surface area contributed by atoms with E-state index in [1.807, 2.05) is 24.1 Å². The molecule has 5 rings (SSSR count). The van der Waals surface area contributed by atoms with Crippen molar-refractivity contribution < 1.29 is 14.3 Å². The minimum atomic E-state index is -0.472. The lowest BCUT2D eigenvalue weighted by Gasteiger charge is -2.25. The van der Waals surface area contributed by atoms with Crippen LogP contribution < -0.4 is 5.32 Å². The highest BCUT2D eigenvalue weighted by atomic mass is 79.9. The van der Waals surface area contributed by atoms with Crippen LogP contribution in [0.2, 0.25) is 0 Å². The number of fused-ring (bicyclic) bond motifs is 1. The van der Waals surface area contributed by atoms with Gasteiger partial charge in [0.15, 0.2) is 0 Å². The molecule has 2 aromatic carbocycles. The number of likely N-dealkylation sites (tertiary alicyclic amines) is 1. The van der Waals surface area contributed by atoms with Crippen LogP contribution in [0, 0.1) is 11.3 Å². The summed E-state index contributed by atoms with van der Waals surface area (Å²) in [6, 6.07) is 12.6. The molecule has 3 aromatic rings. The van der Waals surface area contributed by atoms with Crippen LogP contribution in [0.25, 0.3) is 22.0 Å². The molecule has 2 unspecified atom stereocenters. The summed E-state index contributed by atoms with van der Waals surface area (Å²) in [6.07, 6.45) is 5.07. The van der Waals surface area contributed by atoms with Crippen molar-refractivity contribution in [2.75, 3.05) is 20.2 Å². The van der Waals surface area contributed by atoms with Crippen molar-refractivity contribution in [1.29, 1.82) is 0 Å². The molecule has 2 atom stereocenters. The van der Waals surface area contributed by atoms with Crippen LogP contribution in [0.15, 0.2) is 47.1 Å². The zero-order valence-corrected chi connectivity index (χ0v) is 21.0. The normalized spacial score (nSPS) is 19.4. The molecule has 0 radical (unpaired) electrons. The van der Waals surface area contributed by atoms with Gasteiger partial charge >= 0.3 is 6.09 Å². The first-order valence-electron chi connectivity index (χ1n) is 11.7. The summed E-state index contributed by atoms with van der Waals surface area (Å²) < 4.78 is 5.69. The van der Waals surface area contributed by atoms with Gasteiger partial charge in [-0.25, -0.2) is 9.78 Å². The second-order valence-corrected chi connectivity index (χ2v) is 10.7. The van der Waals surface area contributed by atoms with Gasteiger partial charge in [0.2, 0.25) is 5.91 Å². The fraction of sp³-hybridized carbons (Fsp3) is 0.423. The Morgan fingerprint density at radius 2 is 2.03 bits per heavy atom. The molecular weight excluding hydrogens is 496 g/mol. The van der Waals surface area contributed by atoms with Crippen molar-refractivity contribution in [2.45, 2.75) is 38.6 Å². The fourth-order valence-corrected chi connectivity index (χ4v) is 5.33. The molecule has 34 heavy (non-hydrogen) atoms. The van der Waals surface area contributed by atoms with Crippen molar-refractivity contribution in [3.8, 4) is 11.3 Å². The van der Waals surface area contributed by atoms with Crippen molar-refractivity contribution >= 4 is 38.7 Å². The van der Waals surface area contributed by atoms with E-state index in [-0.39, 0.29) is 23.3 Å². The Labute approximate surface area is 207 Å². The van der Waals surface area contributed by atoms with Gasteiger partial charge in [-0.05, 0) is 59.6 Å². The van der Waals surface area contributed by atoms with Crippen molar-refractivity contribution in [1.82, 2.24) is 20.2 Å². The lowest BCUT2D eigenvalue weighted by Crippen LogP contribution is -2.35. The van der Waals surface area contributed by atoms with E-state index in [0.717, 1.165) is 34.5 Å². The van der Waals surface area contributed by atoms with Gasteiger partial charge in [0.1, 0.15) is 5.82 Å². The molecule has 2 amide bonds.